The van der Waals surface area contributed by atoms with E-state index in [1.54, 1.807) is 0 Å². The molecule has 2 aliphatic rings. The number of carbonyl (C=O) groups excluding carboxylic acids is 1. The number of amides is 1. The number of aryl methyl sites for hydroxylation is 2. The van der Waals surface area contributed by atoms with Gasteiger partial charge in [0.25, 0.3) is 5.91 Å². The topological polar surface area (TPSA) is 46.3 Å². The lowest BCUT2D eigenvalue weighted by atomic mass is 9.77. The summed E-state index contributed by atoms with van der Waals surface area (Å²) in [6.07, 6.45) is 7.81. The zero-order chi connectivity index (χ0) is 15.0. The molecule has 1 heterocycles. The fourth-order valence-electron chi connectivity index (χ4n) is 4.14. The van der Waals surface area contributed by atoms with E-state index in [2.05, 4.69) is 0 Å². The predicted molar refractivity (Wildman–Crippen MR) is 86.4 cm³/mol. The molecule has 0 bridgehead atoms. The van der Waals surface area contributed by atoms with Crippen LogP contribution in [0.3, 0.4) is 0 Å². The Labute approximate surface area is 127 Å². The number of nitrogens with zero attached hydrogens (tertiary/aromatic N) is 1. The van der Waals surface area contributed by atoms with Crippen molar-refractivity contribution in [1.82, 2.24) is 4.90 Å². The minimum absolute atomic E-state index is 0.118. The maximum Gasteiger partial charge on any atom is 0.255 e. The number of rotatable bonds is 1. The summed E-state index contributed by atoms with van der Waals surface area (Å²) in [5.41, 5.74) is 10.1. The van der Waals surface area contributed by atoms with E-state index in [4.69, 9.17) is 5.73 Å². The van der Waals surface area contributed by atoms with Crippen LogP contribution in [0.15, 0.2) is 12.1 Å². The first kappa shape index (κ1) is 14.4. The number of hydrogen-bond donors (Lipinski definition) is 1. The second-order valence-electron chi connectivity index (χ2n) is 7.04. The Morgan fingerprint density at radius 2 is 1.71 bits per heavy atom. The van der Waals surface area contributed by atoms with Gasteiger partial charge in [0, 0.05) is 18.8 Å². The molecule has 1 saturated carbocycles. The monoisotopic (exact) mass is 286 g/mol. The fourth-order valence-corrected chi connectivity index (χ4v) is 4.14. The van der Waals surface area contributed by atoms with Crippen LogP contribution in [0, 0.1) is 19.3 Å². The molecular formula is C18H26N2O. The third-order valence-corrected chi connectivity index (χ3v) is 5.54. The highest BCUT2D eigenvalue weighted by atomic mass is 16.2. The van der Waals surface area contributed by atoms with Crippen LogP contribution in [0.5, 0.6) is 0 Å². The Kier molecular flexibility index (Phi) is 3.68. The smallest absolute Gasteiger partial charge is 0.255 e. The Balaban J connectivity index is 1.75. The van der Waals surface area contributed by atoms with Crippen LogP contribution < -0.4 is 5.73 Å². The van der Waals surface area contributed by atoms with Crippen LogP contribution in [0.2, 0.25) is 0 Å². The minimum Gasteiger partial charge on any atom is -0.398 e. The molecular weight excluding hydrogens is 260 g/mol. The lowest BCUT2D eigenvalue weighted by Crippen LogP contribution is -2.42. The van der Waals surface area contributed by atoms with Gasteiger partial charge in [-0.05, 0) is 62.1 Å². The minimum atomic E-state index is 0.118. The Hall–Kier alpha value is -1.51. The summed E-state index contributed by atoms with van der Waals surface area (Å²) in [6, 6.07) is 3.97. The molecule has 21 heavy (non-hydrogen) atoms. The van der Waals surface area contributed by atoms with Crippen LogP contribution in [0.25, 0.3) is 0 Å². The van der Waals surface area contributed by atoms with E-state index in [9.17, 15) is 4.79 Å². The standard InChI is InChI=1S/C18H26N2O/c1-13-11-14(2)16(19)15(12-13)17(21)20-9-7-18(8-10-20)5-3-4-6-18/h11-12H,3-10,19H2,1-2H3. The lowest BCUT2D eigenvalue weighted by Gasteiger charge is -2.39. The number of anilines is 1. The molecule has 1 aromatic carbocycles. The SMILES string of the molecule is Cc1cc(C)c(N)c(C(=O)N2CCC3(CCCC3)CC2)c1. The molecule has 0 unspecified atom stereocenters. The first-order valence-electron chi connectivity index (χ1n) is 8.17. The molecule has 0 atom stereocenters. The van der Waals surface area contributed by atoms with Gasteiger partial charge in [-0.2, -0.15) is 0 Å². The van der Waals surface area contributed by atoms with E-state index in [-0.39, 0.29) is 5.91 Å². The number of carbonyl (C=O) groups is 1. The highest BCUT2D eigenvalue weighted by Gasteiger charge is 2.38. The molecule has 1 spiro atoms. The van der Waals surface area contributed by atoms with Crippen LogP contribution in [0.4, 0.5) is 5.69 Å². The van der Waals surface area contributed by atoms with Crippen molar-refractivity contribution in [2.24, 2.45) is 5.41 Å². The number of hydrogen-bond acceptors (Lipinski definition) is 2. The van der Waals surface area contributed by atoms with Crippen LogP contribution in [-0.4, -0.2) is 23.9 Å². The summed E-state index contributed by atoms with van der Waals surface area (Å²) < 4.78 is 0. The number of likely N-dealkylation sites (tertiary alicyclic amines) is 1. The van der Waals surface area contributed by atoms with Crippen molar-refractivity contribution >= 4 is 11.6 Å². The van der Waals surface area contributed by atoms with Crippen molar-refractivity contribution in [3.8, 4) is 0 Å². The summed E-state index contributed by atoms with van der Waals surface area (Å²) >= 11 is 0. The van der Waals surface area contributed by atoms with Gasteiger partial charge in [-0.15, -0.1) is 0 Å². The molecule has 2 N–H and O–H groups in total. The first-order valence-corrected chi connectivity index (χ1v) is 8.17. The fraction of sp³-hybridized carbons (Fsp3) is 0.611. The van der Waals surface area contributed by atoms with Gasteiger partial charge >= 0.3 is 0 Å². The van der Waals surface area contributed by atoms with Crippen LogP contribution >= 0.6 is 0 Å². The number of nitrogens with two attached hydrogens (primary N) is 1. The molecule has 114 valence electrons. The third kappa shape index (κ3) is 2.66. The normalized spacial score (nSPS) is 21.0. The van der Waals surface area contributed by atoms with Crippen LogP contribution in [0.1, 0.15) is 60.0 Å². The summed E-state index contributed by atoms with van der Waals surface area (Å²) in [7, 11) is 0. The summed E-state index contributed by atoms with van der Waals surface area (Å²) in [5, 5.41) is 0. The van der Waals surface area contributed by atoms with Crippen molar-refractivity contribution < 1.29 is 4.79 Å². The second kappa shape index (κ2) is 5.36. The molecule has 0 radical (unpaired) electrons. The van der Waals surface area contributed by atoms with Gasteiger partial charge in [0.05, 0.1) is 5.56 Å². The van der Waals surface area contributed by atoms with Gasteiger partial charge in [-0.3, -0.25) is 4.79 Å². The van der Waals surface area contributed by atoms with Crippen molar-refractivity contribution in [2.45, 2.75) is 52.4 Å². The molecule has 1 aliphatic carbocycles. The molecule has 1 saturated heterocycles. The average molecular weight is 286 g/mol. The van der Waals surface area contributed by atoms with E-state index in [1.165, 1.54) is 38.5 Å². The van der Waals surface area contributed by atoms with Gasteiger partial charge in [-0.25, -0.2) is 0 Å². The van der Waals surface area contributed by atoms with Gasteiger partial charge in [-0.1, -0.05) is 18.9 Å². The molecule has 2 fully saturated rings. The number of benzene rings is 1. The highest BCUT2D eigenvalue weighted by Crippen LogP contribution is 2.46. The molecule has 3 rings (SSSR count). The van der Waals surface area contributed by atoms with E-state index < -0.39 is 0 Å². The molecule has 3 nitrogen and oxygen atoms in total. The zero-order valence-electron chi connectivity index (χ0n) is 13.2. The van der Waals surface area contributed by atoms with Gasteiger partial charge in [0.2, 0.25) is 0 Å². The Morgan fingerprint density at radius 3 is 2.33 bits per heavy atom. The summed E-state index contributed by atoms with van der Waals surface area (Å²) in [5.74, 6) is 0.118. The Bertz CT molecular complexity index is 549. The maximum absolute atomic E-state index is 12.8. The van der Waals surface area contributed by atoms with Crippen molar-refractivity contribution in [3.63, 3.8) is 0 Å². The third-order valence-electron chi connectivity index (χ3n) is 5.54. The van der Waals surface area contributed by atoms with Gasteiger partial charge in [0.1, 0.15) is 0 Å². The van der Waals surface area contributed by atoms with Gasteiger partial charge < -0.3 is 10.6 Å². The van der Waals surface area contributed by atoms with E-state index in [1.807, 2.05) is 30.9 Å². The van der Waals surface area contributed by atoms with Crippen molar-refractivity contribution in [1.29, 1.82) is 0 Å². The zero-order valence-corrected chi connectivity index (χ0v) is 13.2. The van der Waals surface area contributed by atoms with E-state index in [0.29, 0.717) is 16.7 Å². The molecule has 1 aliphatic heterocycles. The maximum atomic E-state index is 12.8. The summed E-state index contributed by atoms with van der Waals surface area (Å²) in [4.78, 5) is 14.8. The van der Waals surface area contributed by atoms with Crippen LogP contribution in [-0.2, 0) is 0 Å². The van der Waals surface area contributed by atoms with E-state index in [0.717, 1.165) is 24.2 Å². The highest BCUT2D eigenvalue weighted by molar-refractivity contribution is 6.00. The largest absolute Gasteiger partial charge is 0.398 e. The first-order chi connectivity index (χ1) is 10.0. The summed E-state index contributed by atoms with van der Waals surface area (Å²) in [6.45, 7) is 5.78. The molecule has 3 heteroatoms. The molecule has 1 aromatic rings. The lowest BCUT2D eigenvalue weighted by molar-refractivity contribution is 0.0588. The second-order valence-corrected chi connectivity index (χ2v) is 7.04. The predicted octanol–water partition coefficient (Wildman–Crippen LogP) is 3.68. The quantitative estimate of drug-likeness (QED) is 0.800. The number of nitrogen functional groups attached to an aromatic ring is 1. The van der Waals surface area contributed by atoms with Crippen molar-refractivity contribution in [3.05, 3.63) is 28.8 Å². The number of piperidine rings is 1. The average Bonchev–Trinajstić information content (AvgIpc) is 2.91. The van der Waals surface area contributed by atoms with Crippen molar-refractivity contribution in [2.75, 3.05) is 18.8 Å². The molecule has 0 aromatic heterocycles. The van der Waals surface area contributed by atoms with E-state index >= 15 is 0 Å². The Morgan fingerprint density at radius 1 is 1.10 bits per heavy atom. The molecule has 1 amide bonds. The van der Waals surface area contributed by atoms with Gasteiger partial charge in [0.15, 0.2) is 0 Å².